The van der Waals surface area contributed by atoms with Crippen LogP contribution >= 0.6 is 0 Å². The van der Waals surface area contributed by atoms with E-state index in [0.717, 1.165) is 11.8 Å². The van der Waals surface area contributed by atoms with Gasteiger partial charge in [0, 0.05) is 6.26 Å². The lowest BCUT2D eigenvalue weighted by molar-refractivity contribution is 0.124. The maximum Gasteiger partial charge on any atom is 0.150 e. The van der Waals surface area contributed by atoms with Gasteiger partial charge in [0.1, 0.15) is 28.3 Å². The molecule has 0 aromatic heterocycles. The maximum absolute atomic E-state index is 11.1. The van der Waals surface area contributed by atoms with Gasteiger partial charge in [-0.05, 0) is 29.5 Å². The van der Waals surface area contributed by atoms with Crippen LogP contribution in [0.15, 0.2) is 18.2 Å². The minimum absolute atomic E-state index is 0.0250. The fourth-order valence-corrected chi connectivity index (χ4v) is 2.66. The molecule has 0 saturated carbocycles. The molecule has 0 heterocycles. The van der Waals surface area contributed by atoms with Crippen LogP contribution in [0, 0.1) is 6.92 Å². The average Bonchev–Trinajstić information content (AvgIpc) is 2.23. The fraction of sp³-hybridized carbons (Fsp3) is 0.600. The second kappa shape index (κ2) is 6.14. The number of aryl methyl sites for hydroxylation is 1. The third-order valence-electron chi connectivity index (χ3n) is 2.97. The zero-order chi connectivity index (χ0) is 15.6. The largest absolute Gasteiger partial charge is 0.491 e. The lowest BCUT2D eigenvalue weighted by atomic mass is 9.86. The summed E-state index contributed by atoms with van der Waals surface area (Å²) in [7, 11) is -3.19. The van der Waals surface area contributed by atoms with Crippen molar-refractivity contribution < 1.29 is 18.3 Å². The first-order valence-electron chi connectivity index (χ1n) is 6.59. The van der Waals surface area contributed by atoms with Gasteiger partial charge in [-0.25, -0.2) is 8.42 Å². The van der Waals surface area contributed by atoms with Crippen molar-refractivity contribution in [3.63, 3.8) is 0 Å². The SMILES string of the molecule is Cc1cc(C(C)(C)C)ccc1OCC(O)CS(C)(=O)=O. The number of sulfone groups is 1. The van der Waals surface area contributed by atoms with Gasteiger partial charge in [0.25, 0.3) is 0 Å². The van der Waals surface area contributed by atoms with Gasteiger partial charge in [-0.1, -0.05) is 32.9 Å². The molecule has 1 aromatic rings. The topological polar surface area (TPSA) is 63.6 Å². The Morgan fingerprint density at radius 3 is 2.35 bits per heavy atom. The molecule has 1 N–H and O–H groups in total. The van der Waals surface area contributed by atoms with Gasteiger partial charge >= 0.3 is 0 Å². The summed E-state index contributed by atoms with van der Waals surface area (Å²) in [5.74, 6) is 0.386. The molecule has 0 amide bonds. The minimum atomic E-state index is -3.19. The molecule has 0 saturated heterocycles. The van der Waals surface area contributed by atoms with E-state index in [4.69, 9.17) is 4.74 Å². The zero-order valence-electron chi connectivity index (χ0n) is 12.8. The van der Waals surface area contributed by atoms with Crippen molar-refractivity contribution in [3.05, 3.63) is 29.3 Å². The van der Waals surface area contributed by atoms with Crippen LogP contribution in [-0.2, 0) is 15.3 Å². The van der Waals surface area contributed by atoms with Crippen LogP contribution in [0.25, 0.3) is 0 Å². The Morgan fingerprint density at radius 2 is 1.90 bits per heavy atom. The number of benzene rings is 1. The molecule has 0 fully saturated rings. The van der Waals surface area contributed by atoms with Crippen LogP contribution in [-0.4, -0.2) is 38.2 Å². The molecule has 0 aliphatic rings. The summed E-state index contributed by atoms with van der Waals surface area (Å²) >= 11 is 0. The van der Waals surface area contributed by atoms with Gasteiger partial charge in [-0.15, -0.1) is 0 Å². The van der Waals surface area contributed by atoms with Crippen LogP contribution < -0.4 is 4.74 Å². The molecule has 114 valence electrons. The number of ether oxygens (including phenoxy) is 1. The predicted octanol–water partition coefficient (Wildman–Crippen LogP) is 2.08. The van der Waals surface area contributed by atoms with E-state index in [1.54, 1.807) is 0 Å². The van der Waals surface area contributed by atoms with Crippen molar-refractivity contribution in [3.8, 4) is 5.75 Å². The Kier molecular flexibility index (Phi) is 5.21. The molecule has 0 spiro atoms. The van der Waals surface area contributed by atoms with E-state index in [-0.39, 0.29) is 17.8 Å². The molecule has 5 heteroatoms. The molecular weight excluding hydrogens is 276 g/mol. The van der Waals surface area contributed by atoms with E-state index >= 15 is 0 Å². The average molecular weight is 300 g/mol. The summed E-state index contributed by atoms with van der Waals surface area (Å²) in [6.07, 6.45) is 0.0891. The van der Waals surface area contributed by atoms with Crippen LogP contribution in [0.1, 0.15) is 31.9 Å². The number of aliphatic hydroxyl groups is 1. The standard InChI is InChI=1S/C15H24O4S/c1-11-8-12(15(2,3)4)6-7-14(11)19-9-13(16)10-20(5,17)18/h6-8,13,16H,9-10H2,1-5H3. The van der Waals surface area contributed by atoms with Gasteiger partial charge in [-0.2, -0.15) is 0 Å². The Morgan fingerprint density at radius 1 is 1.30 bits per heavy atom. The maximum atomic E-state index is 11.1. The third kappa shape index (κ3) is 5.51. The van der Waals surface area contributed by atoms with Gasteiger partial charge < -0.3 is 9.84 Å². The summed E-state index contributed by atoms with van der Waals surface area (Å²) in [6.45, 7) is 8.32. The highest BCUT2D eigenvalue weighted by Gasteiger charge is 2.16. The van der Waals surface area contributed by atoms with Crippen molar-refractivity contribution in [1.29, 1.82) is 0 Å². The Hall–Kier alpha value is -1.07. The lowest BCUT2D eigenvalue weighted by Gasteiger charge is -2.21. The Bertz CT molecular complexity index is 556. The molecule has 1 aromatic carbocycles. The summed E-state index contributed by atoms with van der Waals surface area (Å²) in [4.78, 5) is 0. The van der Waals surface area contributed by atoms with Gasteiger partial charge in [0.15, 0.2) is 0 Å². The number of rotatable bonds is 5. The lowest BCUT2D eigenvalue weighted by Crippen LogP contribution is -2.26. The summed E-state index contributed by atoms with van der Waals surface area (Å²) < 4.78 is 27.6. The highest BCUT2D eigenvalue weighted by Crippen LogP contribution is 2.27. The van der Waals surface area contributed by atoms with Crippen molar-refractivity contribution in [2.24, 2.45) is 0 Å². The molecule has 0 bridgehead atoms. The van der Waals surface area contributed by atoms with Crippen molar-refractivity contribution in [2.45, 2.75) is 39.2 Å². The quantitative estimate of drug-likeness (QED) is 0.904. The van der Waals surface area contributed by atoms with Gasteiger partial charge in [0.2, 0.25) is 0 Å². The van der Waals surface area contributed by atoms with Gasteiger partial charge in [-0.3, -0.25) is 0 Å². The van der Waals surface area contributed by atoms with E-state index in [0.29, 0.717) is 5.75 Å². The first kappa shape index (κ1) is 17.0. The van der Waals surface area contributed by atoms with E-state index in [2.05, 4.69) is 26.8 Å². The van der Waals surface area contributed by atoms with Crippen LogP contribution in [0.4, 0.5) is 0 Å². The van der Waals surface area contributed by atoms with E-state index in [1.807, 2.05) is 19.1 Å². The highest BCUT2D eigenvalue weighted by molar-refractivity contribution is 7.90. The van der Waals surface area contributed by atoms with E-state index < -0.39 is 15.9 Å². The molecule has 1 unspecified atom stereocenters. The normalized spacial score (nSPS) is 14.1. The molecule has 0 aliphatic carbocycles. The third-order valence-corrected chi connectivity index (χ3v) is 3.96. The summed E-state index contributed by atoms with van der Waals surface area (Å²) in [5.41, 5.74) is 2.25. The van der Waals surface area contributed by atoms with Gasteiger partial charge in [0.05, 0.1) is 5.75 Å². The van der Waals surface area contributed by atoms with Crippen LogP contribution in [0.3, 0.4) is 0 Å². The fourth-order valence-electron chi connectivity index (χ4n) is 1.86. The Balaban J connectivity index is 2.70. The molecular formula is C15H24O4S. The monoisotopic (exact) mass is 300 g/mol. The van der Waals surface area contributed by atoms with Crippen LogP contribution in [0.5, 0.6) is 5.75 Å². The van der Waals surface area contributed by atoms with Crippen LogP contribution in [0.2, 0.25) is 0 Å². The van der Waals surface area contributed by atoms with E-state index in [9.17, 15) is 13.5 Å². The minimum Gasteiger partial charge on any atom is -0.491 e. The molecule has 1 atom stereocenters. The smallest absolute Gasteiger partial charge is 0.150 e. The number of hydrogen-bond acceptors (Lipinski definition) is 4. The first-order valence-corrected chi connectivity index (χ1v) is 8.65. The van der Waals surface area contributed by atoms with Crippen molar-refractivity contribution in [2.75, 3.05) is 18.6 Å². The van der Waals surface area contributed by atoms with Crippen molar-refractivity contribution >= 4 is 9.84 Å². The Labute approximate surface area is 121 Å². The van der Waals surface area contributed by atoms with Crippen molar-refractivity contribution in [1.82, 2.24) is 0 Å². The molecule has 4 nitrogen and oxygen atoms in total. The second-order valence-electron chi connectivity index (χ2n) is 6.29. The molecule has 1 rings (SSSR count). The van der Waals surface area contributed by atoms with E-state index in [1.165, 1.54) is 5.56 Å². The molecule has 20 heavy (non-hydrogen) atoms. The second-order valence-corrected chi connectivity index (χ2v) is 8.47. The predicted molar refractivity (Wildman–Crippen MR) is 81.1 cm³/mol. The summed E-state index contributed by atoms with van der Waals surface area (Å²) in [5, 5.41) is 9.62. The highest BCUT2D eigenvalue weighted by atomic mass is 32.2. The molecule has 0 radical (unpaired) electrons. The summed E-state index contributed by atoms with van der Waals surface area (Å²) in [6, 6.07) is 5.91. The first-order chi connectivity index (χ1) is 8.99. The molecule has 0 aliphatic heterocycles. The number of aliphatic hydroxyl groups excluding tert-OH is 1. The number of hydrogen-bond donors (Lipinski definition) is 1. The zero-order valence-corrected chi connectivity index (χ0v) is 13.6.